The van der Waals surface area contributed by atoms with Crippen LogP contribution in [0.2, 0.25) is 0 Å². The number of hydrogen-bond donors (Lipinski definition) is 0. The van der Waals surface area contributed by atoms with E-state index in [1.165, 1.54) is 13.0 Å². The SMILES string of the molecule is CCOC(=O)c1ccc([N+](=O)[O-])c(C#N)c1SC(F)(F)F. The van der Waals surface area contributed by atoms with Crippen molar-refractivity contribution in [2.45, 2.75) is 17.3 Å². The molecule has 0 aliphatic rings. The zero-order valence-corrected chi connectivity index (χ0v) is 11.2. The van der Waals surface area contributed by atoms with Crippen LogP contribution >= 0.6 is 11.8 Å². The van der Waals surface area contributed by atoms with Crippen molar-refractivity contribution in [1.29, 1.82) is 5.26 Å². The van der Waals surface area contributed by atoms with Crippen LogP contribution in [0.5, 0.6) is 0 Å². The molecular formula is C11H7F3N2O4S. The van der Waals surface area contributed by atoms with Crippen molar-refractivity contribution in [1.82, 2.24) is 0 Å². The fraction of sp³-hybridized carbons (Fsp3) is 0.273. The van der Waals surface area contributed by atoms with E-state index >= 15 is 0 Å². The molecule has 0 amide bonds. The second-order valence-electron chi connectivity index (χ2n) is 3.47. The first-order valence-corrected chi connectivity index (χ1v) is 6.17. The van der Waals surface area contributed by atoms with Crippen molar-refractivity contribution in [3.05, 3.63) is 33.4 Å². The van der Waals surface area contributed by atoms with Gasteiger partial charge in [0, 0.05) is 6.07 Å². The molecule has 1 aromatic carbocycles. The number of carbonyl (C=O) groups is 1. The van der Waals surface area contributed by atoms with Crippen LogP contribution in [0.4, 0.5) is 18.9 Å². The van der Waals surface area contributed by atoms with E-state index in [0.717, 1.165) is 12.1 Å². The molecule has 0 unspecified atom stereocenters. The Balaban J connectivity index is 3.56. The lowest BCUT2D eigenvalue weighted by Gasteiger charge is -2.12. The lowest BCUT2D eigenvalue weighted by atomic mass is 10.1. The number of thioether (sulfide) groups is 1. The molecule has 0 saturated heterocycles. The number of hydrogen-bond acceptors (Lipinski definition) is 6. The van der Waals surface area contributed by atoms with Gasteiger partial charge in [-0.3, -0.25) is 10.1 Å². The molecule has 0 spiro atoms. The molecule has 0 fully saturated rings. The predicted molar refractivity (Wildman–Crippen MR) is 65.7 cm³/mol. The lowest BCUT2D eigenvalue weighted by molar-refractivity contribution is -0.385. The first kappa shape index (κ1) is 16.8. The summed E-state index contributed by atoms with van der Waals surface area (Å²) in [7, 11) is 0. The maximum atomic E-state index is 12.6. The van der Waals surface area contributed by atoms with Gasteiger partial charge in [0.15, 0.2) is 0 Å². The number of rotatable bonds is 4. The van der Waals surface area contributed by atoms with Gasteiger partial charge in [-0.05, 0) is 24.8 Å². The maximum absolute atomic E-state index is 12.6. The number of ether oxygens (including phenoxy) is 1. The van der Waals surface area contributed by atoms with E-state index in [4.69, 9.17) is 5.26 Å². The van der Waals surface area contributed by atoms with Gasteiger partial charge in [-0.15, -0.1) is 0 Å². The lowest BCUT2D eigenvalue weighted by Crippen LogP contribution is -2.11. The van der Waals surface area contributed by atoms with Crippen LogP contribution in [0.1, 0.15) is 22.8 Å². The summed E-state index contributed by atoms with van der Waals surface area (Å²) in [6, 6.07) is 2.97. The van der Waals surface area contributed by atoms with Crippen LogP contribution < -0.4 is 0 Å². The molecule has 0 atom stereocenters. The Bertz CT molecular complexity index is 625. The molecule has 1 aromatic rings. The van der Waals surface area contributed by atoms with Crippen molar-refractivity contribution < 1.29 is 27.6 Å². The average Bonchev–Trinajstić information content (AvgIpc) is 2.36. The van der Waals surface area contributed by atoms with Crippen LogP contribution in [0.25, 0.3) is 0 Å². The molecule has 0 aliphatic carbocycles. The molecule has 0 N–H and O–H groups in total. The van der Waals surface area contributed by atoms with Crippen molar-refractivity contribution in [3.8, 4) is 6.07 Å². The Labute approximate surface area is 120 Å². The third-order valence-electron chi connectivity index (χ3n) is 2.16. The molecule has 0 bridgehead atoms. The topological polar surface area (TPSA) is 93.2 Å². The highest BCUT2D eigenvalue weighted by Gasteiger charge is 2.36. The highest BCUT2D eigenvalue weighted by atomic mass is 32.2. The Hall–Kier alpha value is -2.28. The summed E-state index contributed by atoms with van der Waals surface area (Å²) in [5, 5.41) is 19.6. The number of esters is 1. The second-order valence-corrected chi connectivity index (χ2v) is 4.55. The van der Waals surface area contributed by atoms with E-state index in [0.29, 0.717) is 0 Å². The fourth-order valence-corrected chi connectivity index (χ4v) is 2.17. The summed E-state index contributed by atoms with van der Waals surface area (Å²) in [6.07, 6.45) is 0. The number of nitrogens with zero attached hydrogens (tertiary/aromatic N) is 2. The molecule has 0 aromatic heterocycles. The summed E-state index contributed by atoms with van der Waals surface area (Å²) in [5.41, 5.74) is -6.99. The van der Waals surface area contributed by atoms with Crippen LogP contribution in [-0.2, 0) is 4.74 Å². The average molecular weight is 320 g/mol. The number of alkyl halides is 3. The smallest absolute Gasteiger partial charge is 0.446 e. The van der Waals surface area contributed by atoms with Gasteiger partial charge in [0.1, 0.15) is 11.6 Å². The summed E-state index contributed by atoms with van der Waals surface area (Å²) in [6.45, 7) is 1.36. The highest BCUT2D eigenvalue weighted by molar-refractivity contribution is 8.00. The molecule has 112 valence electrons. The van der Waals surface area contributed by atoms with E-state index < -0.39 is 49.9 Å². The first-order chi connectivity index (χ1) is 9.71. The molecule has 0 saturated carbocycles. The molecule has 0 heterocycles. The third kappa shape index (κ3) is 4.09. The molecule has 0 aliphatic heterocycles. The molecule has 6 nitrogen and oxygen atoms in total. The number of carbonyl (C=O) groups excluding carboxylic acids is 1. The van der Waals surface area contributed by atoms with Gasteiger partial charge < -0.3 is 4.74 Å². The minimum atomic E-state index is -4.82. The van der Waals surface area contributed by atoms with Crippen molar-refractivity contribution in [2.75, 3.05) is 6.61 Å². The van der Waals surface area contributed by atoms with Gasteiger partial charge in [-0.2, -0.15) is 18.4 Å². The van der Waals surface area contributed by atoms with Crippen molar-refractivity contribution in [2.24, 2.45) is 0 Å². The van der Waals surface area contributed by atoms with Gasteiger partial charge in [-0.25, -0.2) is 4.79 Å². The Morgan fingerprint density at radius 2 is 2.14 bits per heavy atom. The second kappa shape index (κ2) is 6.45. The molecule has 21 heavy (non-hydrogen) atoms. The van der Waals surface area contributed by atoms with E-state index in [1.807, 2.05) is 0 Å². The number of benzene rings is 1. The van der Waals surface area contributed by atoms with Crippen LogP contribution in [0.15, 0.2) is 17.0 Å². The first-order valence-electron chi connectivity index (χ1n) is 5.35. The highest BCUT2D eigenvalue weighted by Crippen LogP contribution is 2.42. The van der Waals surface area contributed by atoms with Crippen LogP contribution in [0, 0.1) is 21.4 Å². The largest absolute Gasteiger partial charge is 0.462 e. The predicted octanol–water partition coefficient (Wildman–Crippen LogP) is 3.26. The van der Waals surface area contributed by atoms with Gasteiger partial charge in [0.2, 0.25) is 0 Å². The zero-order valence-electron chi connectivity index (χ0n) is 10.4. The molecule has 1 rings (SSSR count). The minimum absolute atomic E-state index is 0.0895. The number of nitro groups is 1. The van der Waals surface area contributed by atoms with E-state index in [2.05, 4.69) is 4.74 Å². The summed E-state index contributed by atoms with van der Waals surface area (Å²) in [5.74, 6) is -1.09. The number of nitriles is 1. The molecule has 10 heteroatoms. The van der Waals surface area contributed by atoms with E-state index in [9.17, 15) is 28.1 Å². The number of halogens is 3. The van der Waals surface area contributed by atoms with Gasteiger partial charge >= 0.3 is 11.5 Å². The van der Waals surface area contributed by atoms with E-state index in [1.54, 1.807) is 0 Å². The van der Waals surface area contributed by atoms with Crippen molar-refractivity contribution >= 4 is 23.4 Å². The monoisotopic (exact) mass is 320 g/mol. The van der Waals surface area contributed by atoms with Crippen LogP contribution in [0.3, 0.4) is 0 Å². The minimum Gasteiger partial charge on any atom is -0.462 e. The summed E-state index contributed by atoms with van der Waals surface area (Å²) in [4.78, 5) is 20.5. The van der Waals surface area contributed by atoms with Crippen LogP contribution in [-0.4, -0.2) is 23.0 Å². The Morgan fingerprint density at radius 1 is 1.52 bits per heavy atom. The normalized spacial score (nSPS) is 10.8. The van der Waals surface area contributed by atoms with E-state index in [-0.39, 0.29) is 6.61 Å². The fourth-order valence-electron chi connectivity index (χ4n) is 1.42. The molecule has 0 radical (unpaired) electrons. The van der Waals surface area contributed by atoms with Crippen molar-refractivity contribution in [3.63, 3.8) is 0 Å². The number of nitro benzene ring substituents is 1. The van der Waals surface area contributed by atoms with Gasteiger partial charge in [-0.1, -0.05) is 0 Å². The standard InChI is InChI=1S/C11H7F3N2O4S/c1-2-20-10(17)6-3-4-8(16(18)19)7(5-15)9(6)21-11(12,13)14/h3-4H,2H2,1H3. The Kier molecular flexibility index (Phi) is 5.15. The quantitative estimate of drug-likeness (QED) is 0.366. The molecular weight excluding hydrogens is 313 g/mol. The maximum Gasteiger partial charge on any atom is 0.446 e. The third-order valence-corrected chi connectivity index (χ3v) is 3.02. The van der Waals surface area contributed by atoms with Gasteiger partial charge in [0.25, 0.3) is 5.69 Å². The summed E-state index contributed by atoms with van der Waals surface area (Å²) >= 11 is -0.763. The zero-order chi connectivity index (χ0) is 16.2. The summed E-state index contributed by atoms with van der Waals surface area (Å²) < 4.78 is 42.2. The van der Waals surface area contributed by atoms with Gasteiger partial charge in [0.05, 0.1) is 22.0 Å². The Morgan fingerprint density at radius 3 is 2.57 bits per heavy atom.